The summed E-state index contributed by atoms with van der Waals surface area (Å²) in [5.74, 6) is -0.464. The first kappa shape index (κ1) is 27.9. The summed E-state index contributed by atoms with van der Waals surface area (Å²) in [5, 5.41) is 3.21. The van der Waals surface area contributed by atoms with Gasteiger partial charge in [-0.3, -0.25) is 13.8 Å². The molecule has 0 aliphatic heterocycles. The van der Waals surface area contributed by atoms with Gasteiger partial charge in [0.05, 0.1) is 0 Å². The number of hydrogen-bond donors (Lipinski definition) is 2. The molecule has 1 amide bonds. The predicted octanol–water partition coefficient (Wildman–Crippen LogP) is 5.54. The quantitative estimate of drug-likeness (QED) is 0.331. The molecule has 37 heavy (non-hydrogen) atoms. The molecule has 0 spiro atoms. The van der Waals surface area contributed by atoms with E-state index in [1.807, 2.05) is 20.8 Å². The second-order valence-corrected chi connectivity index (χ2v) is 9.50. The largest absolute Gasteiger partial charge is 0.454 e. The minimum absolute atomic E-state index is 0.0481. The number of nitrogens with one attached hydrogen (secondary N) is 2. The van der Waals surface area contributed by atoms with Gasteiger partial charge >= 0.3 is 0 Å². The van der Waals surface area contributed by atoms with Gasteiger partial charge in [-0.05, 0) is 55.3 Å². The Morgan fingerprint density at radius 1 is 1.08 bits per heavy atom. The van der Waals surface area contributed by atoms with Gasteiger partial charge in [-0.1, -0.05) is 26.8 Å². The Balaban J connectivity index is 0.00000186. The Labute approximate surface area is 218 Å². The topological polar surface area (TPSA) is 93.2 Å². The van der Waals surface area contributed by atoms with Crippen LogP contribution in [-0.2, 0) is 24.3 Å². The van der Waals surface area contributed by atoms with Crippen LogP contribution in [-0.4, -0.2) is 32.5 Å². The number of carbonyl (C=O) groups excluding carboxylic acids is 1. The molecule has 196 valence electrons. The lowest BCUT2D eigenvalue weighted by Gasteiger charge is -2.15. The van der Waals surface area contributed by atoms with Gasteiger partial charge in [0.2, 0.25) is 0 Å². The van der Waals surface area contributed by atoms with Gasteiger partial charge in [0.25, 0.3) is 11.5 Å². The molecule has 7 nitrogen and oxygen atoms in total. The molecule has 0 fully saturated rings. The van der Waals surface area contributed by atoms with Gasteiger partial charge in [-0.2, -0.15) is 0 Å². The SMILES string of the molecule is CC.CCNC(=O)c1cc2c(-c3cc(S(C)=O)ccc3Oc3ccc(CC)cc3F)cn(C)c(=O)c2[nH]1. The van der Waals surface area contributed by atoms with Crippen molar-refractivity contribution in [3.8, 4) is 22.6 Å². The number of fused-ring (bicyclic) bond motifs is 1. The number of rotatable bonds is 7. The van der Waals surface area contributed by atoms with Crippen LogP contribution < -0.4 is 15.6 Å². The lowest BCUT2D eigenvalue weighted by atomic mass is 10.0. The van der Waals surface area contributed by atoms with Crippen molar-refractivity contribution in [2.75, 3.05) is 12.8 Å². The molecule has 4 rings (SSSR count). The molecule has 1 unspecified atom stereocenters. The van der Waals surface area contributed by atoms with E-state index in [4.69, 9.17) is 4.74 Å². The molecular formula is C28H32FN3O4S. The maximum absolute atomic E-state index is 14.7. The van der Waals surface area contributed by atoms with Crippen molar-refractivity contribution >= 4 is 27.6 Å². The highest BCUT2D eigenvalue weighted by atomic mass is 32.2. The highest BCUT2D eigenvalue weighted by Gasteiger charge is 2.20. The standard InChI is InChI=1S/C26H26FN3O4S.C2H6/c1-5-15-7-9-23(20(27)11-15)34-22-10-8-16(35(4)33)12-17(22)19-14-30(3)26(32)24-18(19)13-21(29-24)25(31)28-6-2;1-2/h7-14,29H,5-6H2,1-4H3,(H,28,31);1-2H3. The molecule has 2 aromatic carbocycles. The van der Waals surface area contributed by atoms with Crippen LogP contribution in [0.3, 0.4) is 0 Å². The Morgan fingerprint density at radius 3 is 2.41 bits per heavy atom. The average molecular weight is 526 g/mol. The summed E-state index contributed by atoms with van der Waals surface area (Å²) in [6.07, 6.45) is 3.88. The van der Waals surface area contributed by atoms with E-state index >= 15 is 0 Å². The second kappa shape index (κ2) is 12.0. The van der Waals surface area contributed by atoms with Crippen molar-refractivity contribution < 1.29 is 18.1 Å². The van der Waals surface area contributed by atoms with E-state index in [0.717, 1.165) is 5.56 Å². The molecule has 0 bridgehead atoms. The van der Waals surface area contributed by atoms with E-state index < -0.39 is 16.6 Å². The van der Waals surface area contributed by atoms with Crippen molar-refractivity contribution in [2.45, 2.75) is 39.0 Å². The number of H-pyrrole nitrogens is 1. The summed E-state index contributed by atoms with van der Waals surface area (Å²) in [4.78, 5) is 28.7. The average Bonchev–Trinajstić information content (AvgIpc) is 3.35. The molecule has 4 aromatic rings. The summed E-state index contributed by atoms with van der Waals surface area (Å²) >= 11 is 0. The van der Waals surface area contributed by atoms with Crippen LogP contribution in [0.25, 0.3) is 22.0 Å². The maximum Gasteiger partial charge on any atom is 0.274 e. The third kappa shape index (κ3) is 5.83. The van der Waals surface area contributed by atoms with E-state index in [1.54, 1.807) is 62.8 Å². The first-order valence-corrected chi connectivity index (χ1v) is 13.7. The Morgan fingerprint density at radius 2 is 1.78 bits per heavy atom. The Kier molecular flexibility index (Phi) is 9.04. The predicted molar refractivity (Wildman–Crippen MR) is 147 cm³/mol. The summed E-state index contributed by atoms with van der Waals surface area (Å²) in [6.45, 7) is 8.18. The molecule has 0 saturated heterocycles. The van der Waals surface area contributed by atoms with Crippen LogP contribution in [0.4, 0.5) is 4.39 Å². The molecule has 2 heterocycles. The molecule has 1 atom stereocenters. The number of halogens is 1. The van der Waals surface area contributed by atoms with E-state index in [0.29, 0.717) is 40.1 Å². The molecule has 9 heteroatoms. The molecule has 2 aromatic heterocycles. The zero-order valence-corrected chi connectivity index (χ0v) is 22.7. The van der Waals surface area contributed by atoms with E-state index in [1.165, 1.54) is 10.6 Å². The van der Waals surface area contributed by atoms with Crippen LogP contribution in [0, 0.1) is 5.82 Å². The molecular weight excluding hydrogens is 493 g/mol. The van der Waals surface area contributed by atoms with Gasteiger partial charge in [0.1, 0.15) is 17.0 Å². The number of amides is 1. The van der Waals surface area contributed by atoms with Crippen molar-refractivity contribution in [2.24, 2.45) is 7.05 Å². The number of ether oxygens (including phenoxy) is 1. The van der Waals surface area contributed by atoms with E-state index in [2.05, 4.69) is 10.3 Å². The third-order valence-electron chi connectivity index (χ3n) is 5.74. The van der Waals surface area contributed by atoms with Gasteiger partial charge in [0, 0.05) is 58.3 Å². The number of aromatic nitrogens is 2. The van der Waals surface area contributed by atoms with Gasteiger partial charge in [-0.15, -0.1) is 0 Å². The normalized spacial score (nSPS) is 11.5. The van der Waals surface area contributed by atoms with Crippen molar-refractivity contribution in [1.82, 2.24) is 14.9 Å². The summed E-state index contributed by atoms with van der Waals surface area (Å²) in [5.41, 5.74) is 2.11. The number of nitrogens with zero attached hydrogens (tertiary/aromatic N) is 1. The Hall–Kier alpha value is -3.72. The minimum atomic E-state index is -1.29. The number of carbonyl (C=O) groups is 1. The molecule has 0 aliphatic carbocycles. The van der Waals surface area contributed by atoms with Crippen molar-refractivity contribution in [1.29, 1.82) is 0 Å². The van der Waals surface area contributed by atoms with E-state index in [9.17, 15) is 18.2 Å². The second-order valence-electron chi connectivity index (χ2n) is 8.12. The minimum Gasteiger partial charge on any atom is -0.454 e. The highest BCUT2D eigenvalue weighted by molar-refractivity contribution is 7.84. The van der Waals surface area contributed by atoms with Gasteiger partial charge in [-0.25, -0.2) is 4.39 Å². The summed E-state index contributed by atoms with van der Waals surface area (Å²) in [7, 11) is 0.306. The molecule has 0 saturated carbocycles. The molecule has 0 radical (unpaired) electrons. The van der Waals surface area contributed by atoms with Gasteiger partial charge < -0.3 is 19.6 Å². The first-order valence-electron chi connectivity index (χ1n) is 12.2. The van der Waals surface area contributed by atoms with Crippen LogP contribution >= 0.6 is 0 Å². The number of hydrogen-bond acceptors (Lipinski definition) is 4. The van der Waals surface area contributed by atoms with E-state index in [-0.39, 0.29) is 28.4 Å². The lowest BCUT2D eigenvalue weighted by molar-refractivity contribution is 0.0951. The van der Waals surface area contributed by atoms with Crippen LogP contribution in [0.1, 0.15) is 43.7 Å². The van der Waals surface area contributed by atoms with Crippen molar-refractivity contribution in [3.63, 3.8) is 0 Å². The Bertz CT molecular complexity index is 1520. The zero-order chi connectivity index (χ0) is 27.3. The zero-order valence-electron chi connectivity index (χ0n) is 21.9. The molecule has 2 N–H and O–H groups in total. The fourth-order valence-electron chi connectivity index (χ4n) is 3.88. The monoisotopic (exact) mass is 525 g/mol. The van der Waals surface area contributed by atoms with Crippen LogP contribution in [0.15, 0.2) is 58.4 Å². The maximum atomic E-state index is 14.7. The fourth-order valence-corrected chi connectivity index (χ4v) is 4.42. The highest BCUT2D eigenvalue weighted by Crippen LogP contribution is 2.38. The number of aryl methyl sites for hydroxylation is 2. The van der Waals surface area contributed by atoms with Gasteiger partial charge in [0.15, 0.2) is 11.6 Å². The summed E-state index contributed by atoms with van der Waals surface area (Å²) in [6, 6.07) is 11.4. The number of benzene rings is 2. The van der Waals surface area contributed by atoms with Crippen LogP contribution in [0.2, 0.25) is 0 Å². The van der Waals surface area contributed by atoms with Crippen LogP contribution in [0.5, 0.6) is 11.5 Å². The fraction of sp³-hybridized carbons (Fsp3) is 0.286. The molecule has 0 aliphatic rings. The third-order valence-corrected chi connectivity index (χ3v) is 6.66. The van der Waals surface area contributed by atoms with Crippen molar-refractivity contribution in [3.05, 3.63) is 76.1 Å². The number of pyridine rings is 1. The lowest BCUT2D eigenvalue weighted by Crippen LogP contribution is -2.23. The summed E-state index contributed by atoms with van der Waals surface area (Å²) < 4.78 is 34.4. The number of aromatic amines is 1. The first-order chi connectivity index (χ1) is 17.7. The smallest absolute Gasteiger partial charge is 0.274 e.